The van der Waals surface area contributed by atoms with Crippen LogP contribution >= 0.6 is 0 Å². The van der Waals surface area contributed by atoms with Gasteiger partial charge in [0.05, 0.1) is 5.69 Å². The van der Waals surface area contributed by atoms with Gasteiger partial charge in [-0.2, -0.15) is 5.10 Å². The Kier molecular flexibility index (Phi) is 2.82. The lowest BCUT2D eigenvalue weighted by Crippen LogP contribution is -1.99. The maximum Gasteiger partial charge on any atom is 0.356 e. The molecule has 0 atom stereocenters. The SMILES string of the molecule is Cc1cc(-c2cc(C(=O)O)nn2C)cc(O)c1C. The molecule has 0 fully saturated rings. The summed E-state index contributed by atoms with van der Waals surface area (Å²) < 4.78 is 1.49. The average molecular weight is 246 g/mol. The molecule has 0 amide bonds. The average Bonchev–Trinajstić information content (AvgIpc) is 2.68. The van der Waals surface area contributed by atoms with Crippen molar-refractivity contribution in [2.75, 3.05) is 0 Å². The van der Waals surface area contributed by atoms with Crippen LogP contribution in [-0.2, 0) is 7.05 Å². The first kappa shape index (κ1) is 12.2. The molecule has 0 aliphatic heterocycles. The van der Waals surface area contributed by atoms with Gasteiger partial charge in [-0.15, -0.1) is 0 Å². The van der Waals surface area contributed by atoms with Crippen LogP contribution in [0, 0.1) is 13.8 Å². The molecule has 2 aromatic rings. The molecule has 5 heteroatoms. The molecule has 1 aromatic carbocycles. The summed E-state index contributed by atoms with van der Waals surface area (Å²) in [5, 5.41) is 22.6. The number of hydrogen-bond acceptors (Lipinski definition) is 3. The van der Waals surface area contributed by atoms with Crippen molar-refractivity contribution in [3.63, 3.8) is 0 Å². The molecule has 1 aromatic heterocycles. The van der Waals surface area contributed by atoms with Crippen LogP contribution < -0.4 is 0 Å². The quantitative estimate of drug-likeness (QED) is 0.851. The topological polar surface area (TPSA) is 75.3 Å². The van der Waals surface area contributed by atoms with Gasteiger partial charge in [0, 0.05) is 12.6 Å². The zero-order chi connectivity index (χ0) is 13.4. The fourth-order valence-electron chi connectivity index (χ4n) is 1.83. The molecule has 2 N–H and O–H groups in total. The van der Waals surface area contributed by atoms with E-state index in [0.717, 1.165) is 16.7 Å². The zero-order valence-corrected chi connectivity index (χ0v) is 10.4. The summed E-state index contributed by atoms with van der Waals surface area (Å²) in [5.41, 5.74) is 3.16. The van der Waals surface area contributed by atoms with E-state index in [0.29, 0.717) is 5.69 Å². The van der Waals surface area contributed by atoms with Crippen molar-refractivity contribution < 1.29 is 15.0 Å². The Labute approximate surface area is 104 Å². The van der Waals surface area contributed by atoms with Gasteiger partial charge in [-0.3, -0.25) is 4.68 Å². The van der Waals surface area contributed by atoms with Gasteiger partial charge < -0.3 is 10.2 Å². The first-order chi connectivity index (χ1) is 8.40. The number of aromatic carboxylic acids is 1. The Morgan fingerprint density at radius 2 is 1.94 bits per heavy atom. The van der Waals surface area contributed by atoms with Crippen molar-refractivity contribution in [3.8, 4) is 17.0 Å². The summed E-state index contributed by atoms with van der Waals surface area (Å²) in [6.07, 6.45) is 0. The predicted octanol–water partition coefficient (Wildman–Crippen LogP) is 2.11. The van der Waals surface area contributed by atoms with Gasteiger partial charge in [-0.1, -0.05) is 0 Å². The predicted molar refractivity (Wildman–Crippen MR) is 66.7 cm³/mol. The molecule has 0 aliphatic carbocycles. The van der Waals surface area contributed by atoms with Crippen LogP contribution in [0.4, 0.5) is 0 Å². The van der Waals surface area contributed by atoms with E-state index in [1.165, 1.54) is 10.7 Å². The third-order valence-electron chi connectivity index (χ3n) is 3.03. The van der Waals surface area contributed by atoms with Crippen LogP contribution in [0.2, 0.25) is 0 Å². The van der Waals surface area contributed by atoms with Crippen molar-refractivity contribution >= 4 is 5.97 Å². The fraction of sp³-hybridized carbons (Fsp3) is 0.231. The summed E-state index contributed by atoms with van der Waals surface area (Å²) in [6, 6.07) is 5.01. The minimum absolute atomic E-state index is 0.00906. The van der Waals surface area contributed by atoms with Crippen molar-refractivity contribution in [2.45, 2.75) is 13.8 Å². The number of carboxylic acid groups (broad SMARTS) is 1. The van der Waals surface area contributed by atoms with E-state index in [9.17, 15) is 9.90 Å². The van der Waals surface area contributed by atoms with Crippen LogP contribution in [0.1, 0.15) is 21.6 Å². The summed E-state index contributed by atoms with van der Waals surface area (Å²) in [5.74, 6) is -0.868. The lowest BCUT2D eigenvalue weighted by atomic mass is 10.0. The molecular formula is C13H14N2O3. The van der Waals surface area contributed by atoms with Gasteiger partial charge in [-0.25, -0.2) is 4.79 Å². The summed E-state index contributed by atoms with van der Waals surface area (Å²) in [7, 11) is 1.67. The number of carbonyl (C=O) groups is 1. The largest absolute Gasteiger partial charge is 0.508 e. The second kappa shape index (κ2) is 4.18. The first-order valence-electron chi connectivity index (χ1n) is 5.48. The van der Waals surface area contributed by atoms with Gasteiger partial charge in [0.2, 0.25) is 0 Å². The Morgan fingerprint density at radius 3 is 2.44 bits per heavy atom. The number of phenols is 1. The highest BCUT2D eigenvalue weighted by Gasteiger charge is 2.14. The van der Waals surface area contributed by atoms with E-state index in [1.807, 2.05) is 19.9 Å². The highest BCUT2D eigenvalue weighted by Crippen LogP contribution is 2.29. The van der Waals surface area contributed by atoms with Gasteiger partial charge in [0.25, 0.3) is 0 Å². The van der Waals surface area contributed by atoms with Crippen LogP contribution in [-0.4, -0.2) is 26.0 Å². The molecule has 0 radical (unpaired) electrons. The van der Waals surface area contributed by atoms with E-state index in [1.54, 1.807) is 13.1 Å². The van der Waals surface area contributed by atoms with Crippen LogP contribution in [0.5, 0.6) is 5.75 Å². The van der Waals surface area contributed by atoms with E-state index < -0.39 is 5.97 Å². The number of phenolic OH excluding ortho intramolecular Hbond substituents is 1. The van der Waals surface area contributed by atoms with Crippen molar-refractivity contribution in [1.82, 2.24) is 9.78 Å². The molecular weight excluding hydrogens is 232 g/mol. The molecule has 1 heterocycles. The Morgan fingerprint density at radius 1 is 1.28 bits per heavy atom. The zero-order valence-electron chi connectivity index (χ0n) is 10.4. The maximum atomic E-state index is 10.9. The highest BCUT2D eigenvalue weighted by molar-refractivity contribution is 5.87. The fourth-order valence-corrected chi connectivity index (χ4v) is 1.83. The van der Waals surface area contributed by atoms with Gasteiger partial charge in [-0.05, 0) is 43.2 Å². The lowest BCUT2D eigenvalue weighted by molar-refractivity contribution is 0.0689. The monoisotopic (exact) mass is 246 g/mol. The number of carboxylic acids is 1. The van der Waals surface area contributed by atoms with E-state index >= 15 is 0 Å². The van der Waals surface area contributed by atoms with Gasteiger partial charge in [0.1, 0.15) is 5.75 Å². The standard InChI is InChI=1S/C13H14N2O3/c1-7-4-9(5-12(16)8(7)2)11-6-10(13(17)18)14-15(11)3/h4-6,16H,1-3H3,(H,17,18). The summed E-state index contributed by atoms with van der Waals surface area (Å²) in [4.78, 5) is 10.9. The van der Waals surface area contributed by atoms with Crippen LogP contribution in [0.15, 0.2) is 18.2 Å². The normalized spacial score (nSPS) is 10.6. The molecule has 0 aliphatic rings. The summed E-state index contributed by atoms with van der Waals surface area (Å²) >= 11 is 0. The van der Waals surface area contributed by atoms with Crippen molar-refractivity contribution in [3.05, 3.63) is 35.0 Å². The second-order valence-corrected chi connectivity index (χ2v) is 4.28. The summed E-state index contributed by atoms with van der Waals surface area (Å²) in [6.45, 7) is 3.73. The van der Waals surface area contributed by atoms with Crippen LogP contribution in [0.25, 0.3) is 11.3 Å². The molecule has 5 nitrogen and oxygen atoms in total. The van der Waals surface area contributed by atoms with Crippen LogP contribution in [0.3, 0.4) is 0 Å². The lowest BCUT2D eigenvalue weighted by Gasteiger charge is -2.08. The van der Waals surface area contributed by atoms with E-state index in [-0.39, 0.29) is 11.4 Å². The third-order valence-corrected chi connectivity index (χ3v) is 3.03. The molecule has 0 saturated carbocycles. The molecule has 2 rings (SSSR count). The molecule has 0 unspecified atom stereocenters. The number of rotatable bonds is 2. The van der Waals surface area contributed by atoms with Crippen molar-refractivity contribution in [2.24, 2.45) is 7.05 Å². The van der Waals surface area contributed by atoms with E-state index in [2.05, 4.69) is 5.10 Å². The Bertz CT molecular complexity index is 606. The minimum atomic E-state index is -1.06. The second-order valence-electron chi connectivity index (χ2n) is 4.28. The molecule has 94 valence electrons. The number of benzene rings is 1. The first-order valence-corrected chi connectivity index (χ1v) is 5.48. The number of hydrogen-bond donors (Lipinski definition) is 2. The van der Waals surface area contributed by atoms with E-state index in [4.69, 9.17) is 5.11 Å². The van der Waals surface area contributed by atoms with Crippen molar-refractivity contribution in [1.29, 1.82) is 0 Å². The number of nitrogens with zero attached hydrogens (tertiary/aromatic N) is 2. The van der Waals surface area contributed by atoms with Gasteiger partial charge >= 0.3 is 5.97 Å². The molecule has 0 saturated heterocycles. The molecule has 0 bridgehead atoms. The number of aromatic hydroxyl groups is 1. The maximum absolute atomic E-state index is 10.9. The Hall–Kier alpha value is -2.30. The third kappa shape index (κ3) is 1.95. The molecule has 0 spiro atoms. The van der Waals surface area contributed by atoms with Gasteiger partial charge in [0.15, 0.2) is 5.69 Å². The highest BCUT2D eigenvalue weighted by atomic mass is 16.4. The number of aryl methyl sites for hydroxylation is 2. The Balaban J connectivity index is 2.58. The minimum Gasteiger partial charge on any atom is -0.508 e. The molecule has 18 heavy (non-hydrogen) atoms. The number of aromatic nitrogens is 2. The smallest absolute Gasteiger partial charge is 0.356 e.